The first-order valence-corrected chi connectivity index (χ1v) is 5.72. The zero-order valence-electron chi connectivity index (χ0n) is 9.57. The lowest BCUT2D eigenvalue weighted by atomic mass is 10.1. The van der Waals surface area contributed by atoms with E-state index in [9.17, 15) is 0 Å². The number of ether oxygens (including phenoxy) is 1. The predicted molar refractivity (Wildman–Crippen MR) is 62.7 cm³/mol. The SMILES string of the molecule is COc1cncc(NCC[C@@H]2CCCN2)n1. The topological polar surface area (TPSA) is 59.1 Å². The Morgan fingerprint density at radius 1 is 1.56 bits per heavy atom. The van der Waals surface area contributed by atoms with E-state index in [1.54, 1.807) is 19.5 Å². The van der Waals surface area contributed by atoms with Gasteiger partial charge in [0.1, 0.15) is 5.82 Å². The molecule has 2 heterocycles. The summed E-state index contributed by atoms with van der Waals surface area (Å²) in [5, 5.41) is 6.72. The van der Waals surface area contributed by atoms with Crippen molar-refractivity contribution in [1.29, 1.82) is 0 Å². The number of rotatable bonds is 5. The highest BCUT2D eigenvalue weighted by atomic mass is 16.5. The van der Waals surface area contributed by atoms with E-state index in [1.807, 2.05) is 0 Å². The van der Waals surface area contributed by atoms with Gasteiger partial charge in [0.15, 0.2) is 0 Å². The van der Waals surface area contributed by atoms with Crippen molar-refractivity contribution in [2.45, 2.75) is 25.3 Å². The van der Waals surface area contributed by atoms with Gasteiger partial charge >= 0.3 is 0 Å². The van der Waals surface area contributed by atoms with Crippen LogP contribution in [0.5, 0.6) is 5.88 Å². The molecule has 2 rings (SSSR count). The fourth-order valence-electron chi connectivity index (χ4n) is 1.91. The molecule has 0 spiro atoms. The van der Waals surface area contributed by atoms with E-state index in [0.29, 0.717) is 11.9 Å². The lowest BCUT2D eigenvalue weighted by Gasteiger charge is -2.11. The van der Waals surface area contributed by atoms with E-state index < -0.39 is 0 Å². The fourth-order valence-corrected chi connectivity index (χ4v) is 1.91. The van der Waals surface area contributed by atoms with E-state index >= 15 is 0 Å². The normalized spacial score (nSPS) is 19.7. The molecule has 1 aromatic heterocycles. The van der Waals surface area contributed by atoms with Gasteiger partial charge in [-0.3, -0.25) is 4.98 Å². The van der Waals surface area contributed by atoms with Gasteiger partial charge in [-0.05, 0) is 25.8 Å². The second-order valence-electron chi connectivity index (χ2n) is 3.96. The minimum absolute atomic E-state index is 0.545. The molecule has 2 N–H and O–H groups in total. The average molecular weight is 222 g/mol. The Morgan fingerprint density at radius 2 is 2.50 bits per heavy atom. The Hall–Kier alpha value is -1.36. The summed E-state index contributed by atoms with van der Waals surface area (Å²) in [6.45, 7) is 2.07. The number of hydrogen-bond acceptors (Lipinski definition) is 5. The van der Waals surface area contributed by atoms with Gasteiger partial charge in [-0.15, -0.1) is 0 Å². The van der Waals surface area contributed by atoms with E-state index in [1.165, 1.54) is 12.8 Å². The van der Waals surface area contributed by atoms with Crippen molar-refractivity contribution < 1.29 is 4.74 Å². The van der Waals surface area contributed by atoms with Crippen LogP contribution in [0, 0.1) is 0 Å². The Morgan fingerprint density at radius 3 is 3.25 bits per heavy atom. The molecule has 88 valence electrons. The van der Waals surface area contributed by atoms with Gasteiger partial charge in [-0.25, -0.2) is 0 Å². The number of nitrogens with zero attached hydrogens (tertiary/aromatic N) is 2. The molecule has 1 saturated heterocycles. The second kappa shape index (κ2) is 5.65. The summed E-state index contributed by atoms with van der Waals surface area (Å²) >= 11 is 0. The summed E-state index contributed by atoms with van der Waals surface area (Å²) in [7, 11) is 1.59. The number of nitrogens with one attached hydrogen (secondary N) is 2. The molecule has 0 bridgehead atoms. The van der Waals surface area contributed by atoms with Crippen LogP contribution in [0.15, 0.2) is 12.4 Å². The van der Waals surface area contributed by atoms with Gasteiger partial charge in [-0.1, -0.05) is 0 Å². The molecule has 5 nitrogen and oxygen atoms in total. The molecular weight excluding hydrogens is 204 g/mol. The maximum Gasteiger partial charge on any atom is 0.233 e. The van der Waals surface area contributed by atoms with Crippen LogP contribution in [0.2, 0.25) is 0 Å². The van der Waals surface area contributed by atoms with Gasteiger partial charge < -0.3 is 15.4 Å². The van der Waals surface area contributed by atoms with Gasteiger partial charge in [0.05, 0.1) is 19.5 Å². The Kier molecular flexibility index (Phi) is 3.93. The van der Waals surface area contributed by atoms with Crippen molar-refractivity contribution in [3.8, 4) is 5.88 Å². The van der Waals surface area contributed by atoms with Crippen molar-refractivity contribution >= 4 is 5.82 Å². The van der Waals surface area contributed by atoms with Gasteiger partial charge in [-0.2, -0.15) is 4.98 Å². The lowest BCUT2D eigenvalue weighted by Crippen LogP contribution is -2.24. The lowest BCUT2D eigenvalue weighted by molar-refractivity contribution is 0.396. The number of aromatic nitrogens is 2. The molecule has 16 heavy (non-hydrogen) atoms. The van der Waals surface area contributed by atoms with E-state index in [0.717, 1.165) is 25.3 Å². The van der Waals surface area contributed by atoms with Crippen LogP contribution in [0.4, 0.5) is 5.82 Å². The molecule has 1 aliphatic rings. The largest absolute Gasteiger partial charge is 0.480 e. The third-order valence-corrected chi connectivity index (χ3v) is 2.78. The first-order valence-electron chi connectivity index (χ1n) is 5.72. The molecule has 0 unspecified atom stereocenters. The number of anilines is 1. The van der Waals surface area contributed by atoms with Crippen LogP contribution in [0.25, 0.3) is 0 Å². The Labute approximate surface area is 95.6 Å². The third-order valence-electron chi connectivity index (χ3n) is 2.78. The second-order valence-corrected chi connectivity index (χ2v) is 3.96. The molecule has 0 amide bonds. The molecular formula is C11H18N4O. The Bertz CT molecular complexity index is 326. The monoisotopic (exact) mass is 222 g/mol. The van der Waals surface area contributed by atoms with E-state index in [4.69, 9.17) is 4.74 Å². The van der Waals surface area contributed by atoms with Crippen LogP contribution in [-0.4, -0.2) is 36.2 Å². The molecule has 5 heteroatoms. The zero-order chi connectivity index (χ0) is 11.2. The van der Waals surface area contributed by atoms with Crippen molar-refractivity contribution in [2.24, 2.45) is 0 Å². The molecule has 0 aromatic carbocycles. The van der Waals surface area contributed by atoms with Gasteiger partial charge in [0.2, 0.25) is 5.88 Å². The Balaban J connectivity index is 1.75. The summed E-state index contributed by atoms with van der Waals surface area (Å²) in [6, 6.07) is 0.658. The van der Waals surface area contributed by atoms with Crippen molar-refractivity contribution in [3.63, 3.8) is 0 Å². The standard InChI is InChI=1S/C11H18N4O/c1-16-11-8-12-7-10(15-11)14-6-4-9-3-2-5-13-9/h7-9,13H,2-6H2,1H3,(H,14,15)/t9-/m0/s1. The summed E-state index contributed by atoms with van der Waals surface area (Å²) in [4.78, 5) is 8.28. The quantitative estimate of drug-likeness (QED) is 0.779. The molecule has 1 atom stereocenters. The zero-order valence-corrected chi connectivity index (χ0v) is 9.57. The molecule has 1 aromatic rings. The summed E-state index contributed by atoms with van der Waals surface area (Å²) in [5.41, 5.74) is 0. The minimum Gasteiger partial charge on any atom is -0.480 e. The first kappa shape index (κ1) is 11.1. The molecule has 1 aliphatic heterocycles. The number of methoxy groups -OCH3 is 1. The number of hydrogen-bond donors (Lipinski definition) is 2. The van der Waals surface area contributed by atoms with Crippen molar-refractivity contribution in [2.75, 3.05) is 25.5 Å². The van der Waals surface area contributed by atoms with Crippen molar-refractivity contribution in [1.82, 2.24) is 15.3 Å². The maximum absolute atomic E-state index is 5.01. The highest BCUT2D eigenvalue weighted by Crippen LogP contribution is 2.11. The third kappa shape index (κ3) is 3.06. The van der Waals surface area contributed by atoms with E-state index in [2.05, 4.69) is 20.6 Å². The van der Waals surface area contributed by atoms with Crippen LogP contribution < -0.4 is 15.4 Å². The molecule has 0 aliphatic carbocycles. The summed E-state index contributed by atoms with van der Waals surface area (Å²) in [6.07, 6.45) is 7.02. The first-order chi connectivity index (χ1) is 7.88. The fraction of sp³-hybridized carbons (Fsp3) is 0.636. The smallest absolute Gasteiger partial charge is 0.233 e. The molecule has 0 radical (unpaired) electrons. The highest BCUT2D eigenvalue weighted by molar-refractivity contribution is 5.32. The average Bonchev–Trinajstić information content (AvgIpc) is 2.82. The molecule has 0 saturated carbocycles. The van der Waals surface area contributed by atoms with Crippen LogP contribution in [-0.2, 0) is 0 Å². The van der Waals surface area contributed by atoms with Crippen LogP contribution in [0.3, 0.4) is 0 Å². The summed E-state index contributed by atoms with van der Waals surface area (Å²) < 4.78 is 5.01. The van der Waals surface area contributed by atoms with Gasteiger partial charge in [0, 0.05) is 12.6 Å². The summed E-state index contributed by atoms with van der Waals surface area (Å²) in [5.74, 6) is 1.32. The van der Waals surface area contributed by atoms with Crippen LogP contribution >= 0.6 is 0 Å². The highest BCUT2D eigenvalue weighted by Gasteiger charge is 2.12. The van der Waals surface area contributed by atoms with Crippen LogP contribution in [0.1, 0.15) is 19.3 Å². The molecule has 1 fully saturated rings. The predicted octanol–water partition coefficient (Wildman–Crippen LogP) is 1.04. The van der Waals surface area contributed by atoms with E-state index in [-0.39, 0.29) is 0 Å². The van der Waals surface area contributed by atoms with Gasteiger partial charge in [0.25, 0.3) is 0 Å². The minimum atomic E-state index is 0.545. The van der Waals surface area contributed by atoms with Crippen molar-refractivity contribution in [3.05, 3.63) is 12.4 Å². The maximum atomic E-state index is 5.01.